The smallest absolute Gasteiger partial charge is 0.338 e. The Bertz CT molecular complexity index is 1040. The molecule has 0 bridgehead atoms. The predicted molar refractivity (Wildman–Crippen MR) is 130 cm³/mol. The number of allylic oxidation sites excluding steroid dienone is 5. The minimum Gasteiger partial charge on any atom is -0.478 e. The minimum absolute atomic E-state index is 0.353. The van der Waals surface area contributed by atoms with E-state index in [4.69, 9.17) is 0 Å². The number of aromatic nitrogens is 1. The maximum absolute atomic E-state index is 12.3. The lowest BCUT2D eigenvalue weighted by atomic mass is 9.96. The fourth-order valence-electron chi connectivity index (χ4n) is 4.20. The van der Waals surface area contributed by atoms with Gasteiger partial charge in [-0.05, 0) is 51.0 Å². The lowest BCUT2D eigenvalue weighted by Crippen LogP contribution is -2.43. The van der Waals surface area contributed by atoms with Crippen LogP contribution < -0.4 is 10.2 Å². The molecule has 1 fully saturated rings. The Hall–Kier alpha value is -3.05. The second kappa shape index (κ2) is 9.84. The van der Waals surface area contributed by atoms with E-state index in [0.29, 0.717) is 12.1 Å². The van der Waals surface area contributed by atoms with Gasteiger partial charge in [-0.25, -0.2) is 4.79 Å². The molecule has 1 aromatic carbocycles. The van der Waals surface area contributed by atoms with Gasteiger partial charge in [0.1, 0.15) is 0 Å². The molecule has 164 valence electrons. The fraction of sp³-hybridized carbons (Fsp3) is 0.346. The molecule has 5 heteroatoms. The van der Waals surface area contributed by atoms with Gasteiger partial charge < -0.3 is 19.9 Å². The van der Waals surface area contributed by atoms with Crippen LogP contribution in [0, 0.1) is 6.92 Å². The molecular formula is C26H33N3O2. The molecule has 0 saturated carbocycles. The largest absolute Gasteiger partial charge is 0.478 e. The van der Waals surface area contributed by atoms with E-state index < -0.39 is 5.97 Å². The topological polar surface area (TPSA) is 57.5 Å². The molecule has 0 unspecified atom stereocenters. The third-order valence-corrected chi connectivity index (χ3v) is 5.98. The summed E-state index contributed by atoms with van der Waals surface area (Å²) in [6.45, 7) is 16.7. The lowest BCUT2D eigenvalue weighted by molar-refractivity contribution is 0.0697. The number of rotatable bonds is 7. The number of hydrogen-bond acceptors (Lipinski definition) is 3. The standard InChI is InChI=1S/C26H33N3O2/c1-6-18(3)11-12-19(4)25-24(23(26(30)31)20(5)29(25)7-2)21-9-8-10-22(17-21)28-15-13-27-14-16-28/h6,8-12,17,27H,4,7,13-16H2,1-3,5H3,(H,30,31)/b12-11-,18-6-. The van der Waals surface area contributed by atoms with Crippen molar-refractivity contribution in [2.75, 3.05) is 31.1 Å². The summed E-state index contributed by atoms with van der Waals surface area (Å²) in [7, 11) is 0. The van der Waals surface area contributed by atoms with E-state index in [1.54, 1.807) is 0 Å². The highest BCUT2D eigenvalue weighted by Crippen LogP contribution is 2.38. The van der Waals surface area contributed by atoms with E-state index in [-0.39, 0.29) is 0 Å². The maximum atomic E-state index is 12.3. The van der Waals surface area contributed by atoms with Gasteiger partial charge in [0, 0.05) is 49.7 Å². The zero-order chi connectivity index (χ0) is 22.5. The van der Waals surface area contributed by atoms with E-state index in [2.05, 4.69) is 33.5 Å². The van der Waals surface area contributed by atoms with Crippen molar-refractivity contribution >= 4 is 17.2 Å². The van der Waals surface area contributed by atoms with Crippen molar-refractivity contribution in [2.24, 2.45) is 0 Å². The highest BCUT2D eigenvalue weighted by atomic mass is 16.4. The Kier molecular flexibility index (Phi) is 7.18. The summed E-state index contributed by atoms with van der Waals surface area (Å²) >= 11 is 0. The van der Waals surface area contributed by atoms with Crippen LogP contribution in [0.5, 0.6) is 0 Å². The number of benzene rings is 1. The van der Waals surface area contributed by atoms with Crippen molar-refractivity contribution in [3.05, 3.63) is 71.6 Å². The Morgan fingerprint density at radius 1 is 1.26 bits per heavy atom. The normalized spacial score (nSPS) is 15.0. The molecule has 2 heterocycles. The Labute approximate surface area is 185 Å². The number of carboxylic acid groups (broad SMARTS) is 1. The first-order chi connectivity index (χ1) is 14.9. The summed E-state index contributed by atoms with van der Waals surface area (Å²) in [5.41, 5.74) is 6.70. The average Bonchev–Trinajstić information content (AvgIpc) is 3.10. The molecule has 1 aliphatic heterocycles. The maximum Gasteiger partial charge on any atom is 0.338 e. The molecule has 3 rings (SSSR count). The number of piperazine rings is 1. The second-order valence-corrected chi connectivity index (χ2v) is 7.91. The fourth-order valence-corrected chi connectivity index (χ4v) is 4.20. The van der Waals surface area contributed by atoms with Gasteiger partial charge in [-0.1, -0.05) is 42.5 Å². The van der Waals surface area contributed by atoms with Crippen LogP contribution in [0.25, 0.3) is 16.7 Å². The zero-order valence-corrected chi connectivity index (χ0v) is 19.0. The van der Waals surface area contributed by atoms with Crippen molar-refractivity contribution in [2.45, 2.75) is 34.2 Å². The number of hydrogen-bond donors (Lipinski definition) is 2. The van der Waals surface area contributed by atoms with Crippen LogP contribution in [0.4, 0.5) is 5.69 Å². The Balaban J connectivity index is 2.20. The van der Waals surface area contributed by atoms with Gasteiger partial charge in [-0.2, -0.15) is 0 Å². The average molecular weight is 420 g/mol. The highest BCUT2D eigenvalue weighted by molar-refractivity contribution is 6.02. The van der Waals surface area contributed by atoms with E-state index in [9.17, 15) is 9.90 Å². The first-order valence-electron chi connectivity index (χ1n) is 10.9. The third-order valence-electron chi connectivity index (χ3n) is 5.98. The number of aromatic carboxylic acids is 1. The van der Waals surface area contributed by atoms with Crippen molar-refractivity contribution in [3.8, 4) is 11.1 Å². The van der Waals surface area contributed by atoms with Crippen LogP contribution in [-0.4, -0.2) is 41.8 Å². The molecule has 2 aromatic rings. The molecule has 5 nitrogen and oxygen atoms in total. The number of nitrogens with one attached hydrogen (secondary N) is 1. The molecular weight excluding hydrogens is 386 g/mol. The SMILES string of the molecule is C=C(/C=C\C(C)=C/C)c1c(-c2cccc(N3CCNCC3)c2)c(C(=O)O)c(C)n1CC. The van der Waals surface area contributed by atoms with Gasteiger partial charge in [0.15, 0.2) is 0 Å². The first-order valence-corrected chi connectivity index (χ1v) is 10.9. The molecule has 0 amide bonds. The van der Waals surface area contributed by atoms with Crippen molar-refractivity contribution in [1.82, 2.24) is 9.88 Å². The van der Waals surface area contributed by atoms with Gasteiger partial charge >= 0.3 is 5.97 Å². The number of carbonyl (C=O) groups is 1. The molecule has 0 atom stereocenters. The zero-order valence-electron chi connectivity index (χ0n) is 19.0. The van der Waals surface area contributed by atoms with Gasteiger partial charge in [0.25, 0.3) is 0 Å². The first kappa shape index (κ1) is 22.6. The third kappa shape index (κ3) is 4.67. The van der Waals surface area contributed by atoms with E-state index in [1.165, 1.54) is 0 Å². The van der Waals surface area contributed by atoms with Crippen LogP contribution >= 0.6 is 0 Å². The minimum atomic E-state index is -0.907. The number of carboxylic acids is 1. The summed E-state index contributed by atoms with van der Waals surface area (Å²) < 4.78 is 2.06. The van der Waals surface area contributed by atoms with Crippen molar-refractivity contribution in [3.63, 3.8) is 0 Å². The lowest BCUT2D eigenvalue weighted by Gasteiger charge is -2.29. The van der Waals surface area contributed by atoms with Gasteiger partial charge in [-0.3, -0.25) is 0 Å². The Morgan fingerprint density at radius 3 is 2.58 bits per heavy atom. The van der Waals surface area contributed by atoms with Crippen LogP contribution in [0.1, 0.15) is 42.5 Å². The van der Waals surface area contributed by atoms with E-state index >= 15 is 0 Å². The summed E-state index contributed by atoms with van der Waals surface area (Å²) in [4.78, 5) is 14.7. The molecule has 0 aliphatic carbocycles. The van der Waals surface area contributed by atoms with Crippen LogP contribution in [0.15, 0.2) is 54.6 Å². The van der Waals surface area contributed by atoms with Crippen LogP contribution in [0.2, 0.25) is 0 Å². The molecule has 2 N–H and O–H groups in total. The highest BCUT2D eigenvalue weighted by Gasteiger charge is 2.26. The van der Waals surface area contributed by atoms with E-state index in [1.807, 2.05) is 58.1 Å². The number of anilines is 1. The monoisotopic (exact) mass is 419 g/mol. The summed E-state index contributed by atoms with van der Waals surface area (Å²) in [5.74, 6) is -0.907. The number of nitrogens with zero attached hydrogens (tertiary/aromatic N) is 2. The molecule has 1 aromatic heterocycles. The quantitative estimate of drug-likeness (QED) is 0.611. The molecule has 31 heavy (non-hydrogen) atoms. The molecule has 1 aliphatic rings. The van der Waals surface area contributed by atoms with Gasteiger partial charge in [0.05, 0.1) is 11.3 Å². The predicted octanol–water partition coefficient (Wildman–Crippen LogP) is 5.13. The summed E-state index contributed by atoms with van der Waals surface area (Å²) in [6.07, 6.45) is 6.03. The van der Waals surface area contributed by atoms with Crippen molar-refractivity contribution in [1.29, 1.82) is 0 Å². The molecule has 1 saturated heterocycles. The molecule has 0 spiro atoms. The van der Waals surface area contributed by atoms with Gasteiger partial charge in [-0.15, -0.1) is 0 Å². The summed E-state index contributed by atoms with van der Waals surface area (Å²) in [5, 5.41) is 13.5. The molecule has 0 radical (unpaired) electrons. The van der Waals surface area contributed by atoms with E-state index in [0.717, 1.165) is 65.5 Å². The van der Waals surface area contributed by atoms with Crippen LogP contribution in [0.3, 0.4) is 0 Å². The second-order valence-electron chi connectivity index (χ2n) is 7.91. The summed E-state index contributed by atoms with van der Waals surface area (Å²) in [6, 6.07) is 8.24. The van der Waals surface area contributed by atoms with Crippen LogP contribution in [-0.2, 0) is 6.54 Å². The van der Waals surface area contributed by atoms with Crippen molar-refractivity contribution < 1.29 is 9.90 Å². The van der Waals surface area contributed by atoms with Gasteiger partial charge in [0.2, 0.25) is 0 Å². The Morgan fingerprint density at radius 2 is 1.97 bits per heavy atom.